The van der Waals surface area contributed by atoms with Gasteiger partial charge in [0.25, 0.3) is 0 Å². The van der Waals surface area contributed by atoms with Gasteiger partial charge >= 0.3 is 0 Å². The topological polar surface area (TPSA) is 143 Å². The summed E-state index contributed by atoms with van der Waals surface area (Å²) in [5.74, 6) is 0.125. The molecule has 80 valence electrons. The average Bonchev–Trinajstić information content (AvgIpc) is 2.03. The van der Waals surface area contributed by atoms with Gasteiger partial charge in [-0.2, -0.15) is 15.0 Å². The molecule has 0 aromatic carbocycles. The standard InChI is InChI=1S/C4H11N.C3H6N6/c1-2-3-4-5;4-1-7-2(5)9-3(6)8-1/h2-5H2,1H3;(H6,4,5,6,7,8,9). The van der Waals surface area contributed by atoms with E-state index in [0.29, 0.717) is 0 Å². The molecule has 0 atom stereocenters. The summed E-state index contributed by atoms with van der Waals surface area (Å²) in [7, 11) is 0. The highest BCUT2D eigenvalue weighted by molar-refractivity contribution is 5.33. The SMILES string of the molecule is CCCCN.Nc1nc(N)nc(N)n1. The Morgan fingerprint density at radius 1 is 0.929 bits per heavy atom. The van der Waals surface area contributed by atoms with Gasteiger partial charge in [-0.3, -0.25) is 0 Å². The van der Waals surface area contributed by atoms with Gasteiger partial charge in [-0.25, -0.2) is 0 Å². The van der Waals surface area contributed by atoms with Crippen molar-refractivity contribution in [1.29, 1.82) is 0 Å². The molecule has 1 aromatic heterocycles. The number of hydrogen-bond acceptors (Lipinski definition) is 7. The van der Waals surface area contributed by atoms with Crippen molar-refractivity contribution >= 4 is 17.8 Å². The Bertz CT molecular complexity index is 210. The third-order valence-corrected chi connectivity index (χ3v) is 1.24. The Morgan fingerprint density at radius 2 is 1.29 bits per heavy atom. The fourth-order valence-corrected chi connectivity index (χ4v) is 0.631. The van der Waals surface area contributed by atoms with E-state index in [1.807, 2.05) is 0 Å². The first-order chi connectivity index (χ1) is 6.60. The zero-order chi connectivity index (χ0) is 11.0. The van der Waals surface area contributed by atoms with Crippen LogP contribution < -0.4 is 22.9 Å². The maximum atomic E-state index is 5.14. The second-order valence-electron chi connectivity index (χ2n) is 2.55. The highest BCUT2D eigenvalue weighted by atomic mass is 15.2. The third kappa shape index (κ3) is 5.95. The molecule has 7 heteroatoms. The van der Waals surface area contributed by atoms with Crippen LogP contribution in [0.1, 0.15) is 19.8 Å². The van der Waals surface area contributed by atoms with Crippen molar-refractivity contribution in [3.63, 3.8) is 0 Å². The molecule has 1 rings (SSSR count). The molecule has 0 aliphatic carbocycles. The van der Waals surface area contributed by atoms with Gasteiger partial charge in [-0.05, 0) is 13.0 Å². The minimum absolute atomic E-state index is 0.0417. The molecule has 0 amide bonds. The molecule has 0 fully saturated rings. The number of anilines is 3. The smallest absolute Gasteiger partial charge is 0.226 e. The van der Waals surface area contributed by atoms with E-state index in [9.17, 15) is 0 Å². The summed E-state index contributed by atoms with van der Waals surface area (Å²) < 4.78 is 0. The summed E-state index contributed by atoms with van der Waals surface area (Å²) in [4.78, 5) is 10.5. The van der Waals surface area contributed by atoms with Gasteiger partial charge in [-0.1, -0.05) is 13.3 Å². The Hall–Kier alpha value is -1.63. The molecule has 8 N–H and O–H groups in total. The van der Waals surface area contributed by atoms with Gasteiger partial charge in [0.15, 0.2) is 0 Å². The Labute approximate surface area is 82.9 Å². The lowest BCUT2D eigenvalue weighted by Gasteiger charge is -1.93. The van der Waals surface area contributed by atoms with Crippen LogP contribution in [-0.2, 0) is 0 Å². The monoisotopic (exact) mass is 199 g/mol. The van der Waals surface area contributed by atoms with Gasteiger partial charge in [-0.15, -0.1) is 0 Å². The summed E-state index contributed by atoms with van der Waals surface area (Å²) >= 11 is 0. The predicted molar refractivity (Wildman–Crippen MR) is 57.0 cm³/mol. The normalized spacial score (nSPS) is 9.00. The first-order valence-corrected chi connectivity index (χ1v) is 4.32. The minimum Gasteiger partial charge on any atom is -0.368 e. The summed E-state index contributed by atoms with van der Waals surface area (Å²) in [6.45, 7) is 2.98. The zero-order valence-electron chi connectivity index (χ0n) is 8.27. The van der Waals surface area contributed by atoms with Gasteiger partial charge < -0.3 is 22.9 Å². The largest absolute Gasteiger partial charge is 0.368 e. The Balaban J connectivity index is 0.000000292. The average molecular weight is 199 g/mol. The maximum Gasteiger partial charge on any atom is 0.226 e. The zero-order valence-corrected chi connectivity index (χ0v) is 8.27. The first-order valence-electron chi connectivity index (χ1n) is 4.32. The fourth-order valence-electron chi connectivity index (χ4n) is 0.631. The van der Waals surface area contributed by atoms with Crippen LogP contribution in [0.3, 0.4) is 0 Å². The Kier molecular flexibility index (Phi) is 6.04. The number of hydrogen-bond donors (Lipinski definition) is 4. The molecular formula is C7H17N7. The number of nitrogens with zero attached hydrogens (tertiary/aromatic N) is 3. The molecule has 7 nitrogen and oxygen atoms in total. The van der Waals surface area contributed by atoms with Gasteiger partial charge in [0, 0.05) is 0 Å². The maximum absolute atomic E-state index is 5.14. The first kappa shape index (κ1) is 12.4. The molecule has 14 heavy (non-hydrogen) atoms. The molecule has 0 aliphatic heterocycles. The summed E-state index contributed by atoms with van der Waals surface area (Å²) in [6, 6.07) is 0. The summed E-state index contributed by atoms with van der Waals surface area (Å²) in [5, 5.41) is 0. The Morgan fingerprint density at radius 3 is 1.43 bits per heavy atom. The summed E-state index contributed by atoms with van der Waals surface area (Å²) in [5.41, 5.74) is 20.6. The van der Waals surface area contributed by atoms with E-state index in [0.717, 1.165) is 6.54 Å². The van der Waals surface area contributed by atoms with Crippen LogP contribution in [0.4, 0.5) is 17.8 Å². The van der Waals surface area contributed by atoms with E-state index in [-0.39, 0.29) is 17.8 Å². The second kappa shape index (κ2) is 6.84. The van der Waals surface area contributed by atoms with Crippen molar-refractivity contribution in [2.75, 3.05) is 23.7 Å². The molecule has 0 saturated carbocycles. The van der Waals surface area contributed by atoms with Crippen molar-refractivity contribution in [3.8, 4) is 0 Å². The van der Waals surface area contributed by atoms with Crippen LogP contribution >= 0.6 is 0 Å². The number of nitrogen functional groups attached to an aromatic ring is 3. The van der Waals surface area contributed by atoms with E-state index in [4.69, 9.17) is 22.9 Å². The van der Waals surface area contributed by atoms with Crippen LogP contribution in [0.2, 0.25) is 0 Å². The van der Waals surface area contributed by atoms with Crippen molar-refractivity contribution in [2.24, 2.45) is 5.73 Å². The number of nitrogens with two attached hydrogens (primary N) is 4. The van der Waals surface area contributed by atoms with E-state index in [1.165, 1.54) is 12.8 Å². The molecule has 1 aromatic rings. The van der Waals surface area contributed by atoms with Crippen LogP contribution in [0, 0.1) is 0 Å². The van der Waals surface area contributed by atoms with Crippen molar-refractivity contribution in [3.05, 3.63) is 0 Å². The van der Waals surface area contributed by atoms with Crippen LogP contribution in [0.25, 0.3) is 0 Å². The van der Waals surface area contributed by atoms with E-state index >= 15 is 0 Å². The molecule has 0 radical (unpaired) electrons. The quantitative estimate of drug-likeness (QED) is 0.496. The van der Waals surface area contributed by atoms with Crippen molar-refractivity contribution in [2.45, 2.75) is 19.8 Å². The predicted octanol–water partition coefficient (Wildman–Crippen LogP) is -0.637. The second-order valence-corrected chi connectivity index (χ2v) is 2.55. The molecular weight excluding hydrogens is 182 g/mol. The highest BCUT2D eigenvalue weighted by Crippen LogP contribution is 1.97. The molecule has 0 spiro atoms. The molecule has 0 bridgehead atoms. The van der Waals surface area contributed by atoms with Gasteiger partial charge in [0.2, 0.25) is 17.8 Å². The molecule has 0 unspecified atom stereocenters. The fraction of sp³-hybridized carbons (Fsp3) is 0.571. The minimum atomic E-state index is 0.0417. The number of aromatic nitrogens is 3. The van der Waals surface area contributed by atoms with E-state index < -0.39 is 0 Å². The summed E-state index contributed by atoms with van der Waals surface area (Å²) in [6.07, 6.45) is 2.39. The molecule has 0 saturated heterocycles. The van der Waals surface area contributed by atoms with E-state index in [1.54, 1.807) is 0 Å². The van der Waals surface area contributed by atoms with Crippen molar-refractivity contribution in [1.82, 2.24) is 15.0 Å². The lowest BCUT2D eigenvalue weighted by Crippen LogP contribution is -2.05. The van der Waals surface area contributed by atoms with E-state index in [2.05, 4.69) is 21.9 Å². The van der Waals surface area contributed by atoms with Crippen LogP contribution in [-0.4, -0.2) is 21.5 Å². The third-order valence-electron chi connectivity index (χ3n) is 1.24. The molecule has 1 heterocycles. The highest BCUT2D eigenvalue weighted by Gasteiger charge is 1.93. The number of unbranched alkanes of at least 4 members (excludes halogenated alkanes) is 1. The lowest BCUT2D eigenvalue weighted by molar-refractivity contribution is 0.807. The van der Waals surface area contributed by atoms with Crippen LogP contribution in [0.5, 0.6) is 0 Å². The van der Waals surface area contributed by atoms with Gasteiger partial charge in [0.1, 0.15) is 0 Å². The van der Waals surface area contributed by atoms with Crippen LogP contribution in [0.15, 0.2) is 0 Å². The molecule has 0 aliphatic rings. The number of rotatable bonds is 2. The van der Waals surface area contributed by atoms with Gasteiger partial charge in [0.05, 0.1) is 0 Å². The van der Waals surface area contributed by atoms with Crippen molar-refractivity contribution < 1.29 is 0 Å². The lowest BCUT2D eigenvalue weighted by atomic mass is 10.3.